The molecule has 0 aliphatic carbocycles. The quantitative estimate of drug-likeness (QED) is 0.313. The fraction of sp³-hybridized carbons (Fsp3) is 0.0500. The summed E-state index contributed by atoms with van der Waals surface area (Å²) >= 11 is 6.90. The molecule has 0 fully saturated rings. The Morgan fingerprint density at radius 1 is 1.18 bits per heavy atom. The number of aliphatic carboxylic acids is 1. The molecule has 8 heteroatoms. The third-order valence-corrected chi connectivity index (χ3v) is 5.34. The predicted molar refractivity (Wildman–Crippen MR) is 111 cm³/mol. The summed E-state index contributed by atoms with van der Waals surface area (Å²) in [5, 5.41) is 18.6. The van der Waals surface area contributed by atoms with Crippen molar-refractivity contribution in [3.63, 3.8) is 0 Å². The summed E-state index contributed by atoms with van der Waals surface area (Å²) in [6.07, 6.45) is 1.65. The van der Waals surface area contributed by atoms with E-state index >= 15 is 0 Å². The minimum absolute atomic E-state index is 0.134. The molecular formula is C20H15ClN4O2S. The number of hydrogen-bond donors (Lipinski definition) is 3. The second-order valence-electron chi connectivity index (χ2n) is 6.10. The highest BCUT2D eigenvalue weighted by atomic mass is 35.5. The number of hydrogen-bond acceptors (Lipinski definition) is 4. The van der Waals surface area contributed by atoms with Gasteiger partial charge in [0.1, 0.15) is 4.91 Å². The first-order valence-corrected chi connectivity index (χ1v) is 9.59. The van der Waals surface area contributed by atoms with Crippen molar-refractivity contribution in [2.45, 2.75) is 12.1 Å². The first kappa shape index (κ1) is 18.3. The van der Waals surface area contributed by atoms with E-state index < -0.39 is 5.97 Å². The van der Waals surface area contributed by atoms with Crippen LogP contribution in [0.2, 0.25) is 5.02 Å². The van der Waals surface area contributed by atoms with Crippen LogP contribution in [0.1, 0.15) is 11.3 Å². The van der Waals surface area contributed by atoms with Gasteiger partial charge >= 0.3 is 5.97 Å². The smallest absolute Gasteiger partial charge is 0.342 e. The van der Waals surface area contributed by atoms with E-state index in [1.165, 1.54) is 0 Å². The number of H-pyrrole nitrogens is 2. The van der Waals surface area contributed by atoms with Crippen LogP contribution in [0, 0.1) is 6.92 Å². The fourth-order valence-electron chi connectivity index (χ4n) is 2.88. The number of halogens is 1. The Bertz CT molecular complexity index is 1190. The normalized spacial score (nSPS) is 11.9. The zero-order chi connectivity index (χ0) is 19.7. The van der Waals surface area contributed by atoms with Gasteiger partial charge in [-0.25, -0.2) is 9.78 Å². The summed E-state index contributed by atoms with van der Waals surface area (Å²) in [5.41, 5.74) is 3.52. The summed E-state index contributed by atoms with van der Waals surface area (Å²) in [6, 6.07) is 14.9. The van der Waals surface area contributed by atoms with Crippen molar-refractivity contribution in [1.82, 2.24) is 20.2 Å². The summed E-state index contributed by atoms with van der Waals surface area (Å²) in [6.45, 7) is 1.92. The highest BCUT2D eigenvalue weighted by Crippen LogP contribution is 2.31. The fourth-order valence-corrected chi connectivity index (χ4v) is 3.69. The maximum atomic E-state index is 11.8. The Hall–Kier alpha value is -3.03. The molecule has 2 aromatic heterocycles. The standard InChI is InChI=1S/C20H15ClN4O2S/c1-11-15(14-4-2-3-5-16(14)22-11)10-17(19(26)27)28-20-23-18(24-25-20)12-6-8-13(21)9-7-12/h2-10,22H,1H3,(H,26,27)(H,23,24,25)/b17-10-. The Kier molecular flexibility index (Phi) is 4.93. The van der Waals surface area contributed by atoms with Crippen molar-refractivity contribution in [3.8, 4) is 11.4 Å². The molecule has 0 atom stereocenters. The Morgan fingerprint density at radius 2 is 1.93 bits per heavy atom. The number of thioether (sulfide) groups is 1. The van der Waals surface area contributed by atoms with Crippen LogP contribution in [-0.4, -0.2) is 31.2 Å². The van der Waals surface area contributed by atoms with Gasteiger partial charge in [-0.2, -0.15) is 0 Å². The van der Waals surface area contributed by atoms with Gasteiger partial charge in [0.05, 0.1) is 0 Å². The number of fused-ring (bicyclic) bond motifs is 1. The van der Waals surface area contributed by atoms with Crippen molar-refractivity contribution in [2.24, 2.45) is 0 Å². The van der Waals surface area contributed by atoms with Crippen molar-refractivity contribution in [3.05, 3.63) is 69.7 Å². The predicted octanol–water partition coefficient (Wildman–Crippen LogP) is 5.13. The third-order valence-electron chi connectivity index (χ3n) is 4.21. The van der Waals surface area contributed by atoms with Gasteiger partial charge in [0, 0.05) is 32.7 Å². The summed E-state index contributed by atoms with van der Waals surface area (Å²) in [4.78, 5) is 19.6. The van der Waals surface area contributed by atoms with Crippen molar-refractivity contribution in [2.75, 3.05) is 0 Å². The molecule has 0 saturated heterocycles. The Morgan fingerprint density at radius 3 is 2.68 bits per heavy atom. The molecule has 4 aromatic rings. The average Bonchev–Trinajstić information content (AvgIpc) is 3.26. The van der Waals surface area contributed by atoms with Gasteiger partial charge in [0.15, 0.2) is 5.82 Å². The van der Waals surface area contributed by atoms with Gasteiger partial charge in [-0.3, -0.25) is 5.10 Å². The van der Waals surface area contributed by atoms with Gasteiger partial charge in [-0.1, -0.05) is 29.8 Å². The second kappa shape index (κ2) is 7.53. The number of aromatic amines is 2. The van der Waals surface area contributed by atoms with Crippen molar-refractivity contribution in [1.29, 1.82) is 0 Å². The summed E-state index contributed by atoms with van der Waals surface area (Å²) < 4.78 is 0. The van der Waals surface area contributed by atoms with E-state index in [-0.39, 0.29) is 4.91 Å². The number of nitrogens with zero attached hydrogens (tertiary/aromatic N) is 2. The molecule has 0 saturated carbocycles. The Labute approximate surface area is 169 Å². The molecule has 0 unspecified atom stereocenters. The molecule has 28 heavy (non-hydrogen) atoms. The molecular weight excluding hydrogens is 396 g/mol. The SMILES string of the molecule is Cc1[nH]c2ccccc2c1/C=C(\Sc1n[nH]c(-c2ccc(Cl)cc2)n1)C(=O)O. The highest BCUT2D eigenvalue weighted by molar-refractivity contribution is 8.04. The van der Waals surface area contributed by atoms with Crippen LogP contribution in [0.25, 0.3) is 28.4 Å². The minimum atomic E-state index is -1.03. The zero-order valence-electron chi connectivity index (χ0n) is 14.7. The van der Waals surface area contributed by atoms with E-state index in [0.29, 0.717) is 16.0 Å². The molecule has 0 bridgehead atoms. The molecule has 0 spiro atoms. The Balaban J connectivity index is 1.66. The van der Waals surface area contributed by atoms with Gasteiger partial charge < -0.3 is 10.1 Å². The third kappa shape index (κ3) is 3.67. The van der Waals surface area contributed by atoms with Gasteiger partial charge in [0.25, 0.3) is 0 Å². The van der Waals surface area contributed by atoms with Gasteiger partial charge in [0.2, 0.25) is 5.16 Å². The number of carbonyl (C=O) groups is 1. The topological polar surface area (TPSA) is 94.7 Å². The molecule has 2 heterocycles. The molecule has 140 valence electrons. The molecule has 3 N–H and O–H groups in total. The number of aryl methyl sites for hydroxylation is 1. The van der Waals surface area contributed by atoms with Crippen LogP contribution in [0.3, 0.4) is 0 Å². The minimum Gasteiger partial charge on any atom is -0.477 e. The highest BCUT2D eigenvalue weighted by Gasteiger charge is 2.16. The maximum absolute atomic E-state index is 11.8. The van der Waals surface area contributed by atoms with E-state index in [0.717, 1.165) is 39.5 Å². The molecule has 0 radical (unpaired) electrons. The van der Waals surface area contributed by atoms with E-state index in [9.17, 15) is 9.90 Å². The average molecular weight is 411 g/mol. The van der Waals surface area contributed by atoms with E-state index in [1.54, 1.807) is 18.2 Å². The number of nitrogens with one attached hydrogen (secondary N) is 2. The zero-order valence-corrected chi connectivity index (χ0v) is 16.3. The van der Waals surface area contributed by atoms with E-state index in [1.807, 2.05) is 43.3 Å². The van der Waals surface area contributed by atoms with Crippen LogP contribution < -0.4 is 0 Å². The molecule has 6 nitrogen and oxygen atoms in total. The largest absolute Gasteiger partial charge is 0.477 e. The lowest BCUT2D eigenvalue weighted by Gasteiger charge is -2.00. The summed E-state index contributed by atoms with van der Waals surface area (Å²) in [5.74, 6) is -0.486. The lowest BCUT2D eigenvalue weighted by Crippen LogP contribution is -1.97. The van der Waals surface area contributed by atoms with Crippen LogP contribution >= 0.6 is 23.4 Å². The maximum Gasteiger partial charge on any atom is 0.342 e. The number of carboxylic acids is 1. The van der Waals surface area contributed by atoms with Crippen molar-refractivity contribution >= 4 is 46.3 Å². The van der Waals surface area contributed by atoms with Crippen molar-refractivity contribution < 1.29 is 9.90 Å². The second-order valence-corrected chi connectivity index (χ2v) is 7.54. The van der Waals surface area contributed by atoms with Crippen LogP contribution in [0.5, 0.6) is 0 Å². The summed E-state index contributed by atoms with van der Waals surface area (Å²) in [7, 11) is 0. The number of para-hydroxylation sites is 1. The van der Waals surface area contributed by atoms with Gasteiger partial charge in [-0.05, 0) is 55.1 Å². The molecule has 0 aliphatic heterocycles. The molecule has 0 amide bonds. The molecule has 0 aliphatic rings. The van der Waals surface area contributed by atoms with Crippen LogP contribution in [0.4, 0.5) is 0 Å². The van der Waals surface area contributed by atoms with Crippen LogP contribution in [0.15, 0.2) is 58.6 Å². The van der Waals surface area contributed by atoms with E-state index in [2.05, 4.69) is 20.2 Å². The lowest BCUT2D eigenvalue weighted by atomic mass is 10.1. The van der Waals surface area contributed by atoms with Gasteiger partial charge in [-0.15, -0.1) is 5.10 Å². The number of aromatic nitrogens is 4. The number of carboxylic acid groups (broad SMARTS) is 1. The lowest BCUT2D eigenvalue weighted by molar-refractivity contribution is -0.131. The molecule has 4 rings (SSSR count). The number of rotatable bonds is 5. The van der Waals surface area contributed by atoms with Crippen LogP contribution in [-0.2, 0) is 4.79 Å². The monoisotopic (exact) mass is 410 g/mol. The first-order valence-electron chi connectivity index (χ1n) is 8.40. The first-order chi connectivity index (χ1) is 13.5. The van der Waals surface area contributed by atoms with E-state index in [4.69, 9.17) is 11.6 Å². The number of benzene rings is 2. The molecule has 2 aromatic carbocycles.